The molecule has 0 bridgehead atoms. The Hall–Kier alpha value is -3.22. The second kappa shape index (κ2) is 9.29. The largest absolute Gasteiger partial charge is 0.461 e. The highest BCUT2D eigenvalue weighted by Crippen LogP contribution is 2.27. The molecule has 0 saturated heterocycles. The molecule has 1 aromatic carbocycles. The van der Waals surface area contributed by atoms with Crippen molar-refractivity contribution in [1.29, 1.82) is 0 Å². The molecular weight excluding hydrogens is 469 g/mol. The molecule has 2 N–H and O–H groups in total. The fourth-order valence-corrected chi connectivity index (χ4v) is 4.02. The van der Waals surface area contributed by atoms with E-state index in [0.717, 1.165) is 29.2 Å². The van der Waals surface area contributed by atoms with E-state index in [-0.39, 0.29) is 27.5 Å². The summed E-state index contributed by atoms with van der Waals surface area (Å²) in [6.07, 6.45) is 1.48. The van der Waals surface area contributed by atoms with Gasteiger partial charge in [-0.2, -0.15) is 0 Å². The fraction of sp³-hybridized carbons (Fsp3) is 0.0556. The topological polar surface area (TPSA) is 123 Å². The van der Waals surface area contributed by atoms with Gasteiger partial charge in [0.25, 0.3) is 5.91 Å². The summed E-state index contributed by atoms with van der Waals surface area (Å²) in [4.78, 5) is 24.3. The Morgan fingerprint density at radius 2 is 2.03 bits per heavy atom. The fourth-order valence-electron chi connectivity index (χ4n) is 2.30. The average molecular weight is 480 g/mol. The first-order valence-electron chi connectivity index (χ1n) is 8.51. The number of nitrogens with zero attached hydrogens (tertiary/aromatic N) is 3. The Labute approximate surface area is 187 Å². The van der Waals surface area contributed by atoms with Crippen LogP contribution in [0.5, 0.6) is 0 Å². The van der Waals surface area contributed by atoms with Gasteiger partial charge < -0.3 is 14.3 Å². The lowest BCUT2D eigenvalue weighted by Crippen LogP contribution is -2.13. The van der Waals surface area contributed by atoms with Crippen LogP contribution in [0.1, 0.15) is 10.5 Å². The molecule has 0 spiro atoms. The number of benzene rings is 1. The number of furan rings is 1. The molecule has 4 rings (SSSR count). The molecule has 0 unspecified atom stereocenters. The van der Waals surface area contributed by atoms with Crippen LogP contribution in [0.15, 0.2) is 55.9 Å². The second-order valence-electron chi connectivity index (χ2n) is 5.85. The van der Waals surface area contributed by atoms with Crippen LogP contribution in [-0.4, -0.2) is 32.9 Å². The predicted octanol–water partition coefficient (Wildman–Crippen LogP) is 4.56. The van der Waals surface area contributed by atoms with E-state index in [1.54, 1.807) is 12.1 Å². The van der Waals surface area contributed by atoms with Crippen LogP contribution in [-0.2, 0) is 4.79 Å². The molecule has 0 radical (unpaired) electrons. The van der Waals surface area contributed by atoms with Crippen LogP contribution in [0.4, 0.5) is 15.2 Å². The number of rotatable bonds is 7. The van der Waals surface area contributed by atoms with Crippen molar-refractivity contribution in [2.75, 3.05) is 16.4 Å². The molecule has 0 saturated carbocycles. The third kappa shape index (κ3) is 5.29. The van der Waals surface area contributed by atoms with Crippen LogP contribution in [0, 0.1) is 5.82 Å². The van der Waals surface area contributed by atoms with Crippen molar-refractivity contribution in [2.24, 2.45) is 0 Å². The Balaban J connectivity index is 1.29. The molecule has 2 amide bonds. The molecule has 0 aliphatic rings. The van der Waals surface area contributed by atoms with Crippen LogP contribution in [0.3, 0.4) is 0 Å². The van der Waals surface area contributed by atoms with Gasteiger partial charge in [-0.1, -0.05) is 39.9 Å². The summed E-state index contributed by atoms with van der Waals surface area (Å²) < 4.78 is 23.9. The Bertz CT molecular complexity index is 1230. The van der Waals surface area contributed by atoms with E-state index in [1.165, 1.54) is 24.5 Å². The average Bonchev–Trinajstić information content (AvgIpc) is 3.50. The smallest absolute Gasteiger partial charge is 0.279 e. The number of halogens is 2. The van der Waals surface area contributed by atoms with Crippen molar-refractivity contribution in [3.63, 3.8) is 0 Å². The molecule has 0 atom stereocenters. The zero-order valence-electron chi connectivity index (χ0n) is 15.3. The van der Waals surface area contributed by atoms with E-state index in [4.69, 9.17) is 20.5 Å². The molecule has 4 aromatic rings. The summed E-state index contributed by atoms with van der Waals surface area (Å²) in [5.41, 5.74) is 0.428. The zero-order valence-corrected chi connectivity index (χ0v) is 17.7. The van der Waals surface area contributed by atoms with Gasteiger partial charge in [-0.15, -0.1) is 10.2 Å². The van der Waals surface area contributed by atoms with E-state index >= 15 is 0 Å². The SMILES string of the molecule is O=C(CSc1nnc(NC(=O)c2cc(-c3ccco3)on2)s1)Nc1ccc(F)c(Cl)c1. The highest BCUT2D eigenvalue weighted by molar-refractivity contribution is 8.01. The van der Waals surface area contributed by atoms with Crippen molar-refractivity contribution in [1.82, 2.24) is 15.4 Å². The highest BCUT2D eigenvalue weighted by atomic mass is 35.5. The maximum atomic E-state index is 13.2. The van der Waals surface area contributed by atoms with Gasteiger partial charge in [0, 0.05) is 11.8 Å². The van der Waals surface area contributed by atoms with Crippen LogP contribution < -0.4 is 10.6 Å². The Morgan fingerprint density at radius 3 is 2.81 bits per heavy atom. The summed E-state index contributed by atoms with van der Waals surface area (Å²) in [5, 5.41) is 16.8. The minimum absolute atomic E-state index is 0.0351. The molecule has 158 valence electrons. The van der Waals surface area contributed by atoms with Gasteiger partial charge in [0.1, 0.15) is 5.82 Å². The van der Waals surface area contributed by atoms with Gasteiger partial charge in [0.2, 0.25) is 16.8 Å². The van der Waals surface area contributed by atoms with Gasteiger partial charge >= 0.3 is 0 Å². The highest BCUT2D eigenvalue weighted by Gasteiger charge is 2.17. The van der Waals surface area contributed by atoms with Crippen molar-refractivity contribution in [3.8, 4) is 11.5 Å². The minimum Gasteiger partial charge on any atom is -0.461 e. The van der Waals surface area contributed by atoms with Crippen molar-refractivity contribution >= 4 is 57.3 Å². The molecule has 0 aliphatic heterocycles. The molecule has 0 aliphatic carbocycles. The number of hydrogen-bond acceptors (Lipinski definition) is 9. The Kier molecular flexibility index (Phi) is 6.30. The van der Waals surface area contributed by atoms with Crippen molar-refractivity contribution in [3.05, 3.63) is 59.2 Å². The van der Waals surface area contributed by atoms with Crippen LogP contribution >= 0.6 is 34.7 Å². The van der Waals surface area contributed by atoms with Gasteiger partial charge in [-0.25, -0.2) is 4.39 Å². The van der Waals surface area contributed by atoms with Crippen LogP contribution in [0.25, 0.3) is 11.5 Å². The first-order valence-corrected chi connectivity index (χ1v) is 10.7. The zero-order chi connectivity index (χ0) is 21.8. The number of nitrogens with one attached hydrogen (secondary N) is 2. The monoisotopic (exact) mass is 479 g/mol. The second-order valence-corrected chi connectivity index (χ2v) is 8.45. The lowest BCUT2D eigenvalue weighted by atomic mass is 10.3. The predicted molar refractivity (Wildman–Crippen MR) is 113 cm³/mol. The number of hydrogen-bond donors (Lipinski definition) is 2. The molecular formula is C18H11ClFN5O4S2. The third-order valence-electron chi connectivity index (χ3n) is 3.66. The lowest BCUT2D eigenvalue weighted by molar-refractivity contribution is -0.113. The van der Waals surface area contributed by atoms with Crippen molar-refractivity contribution < 1.29 is 22.9 Å². The Morgan fingerprint density at radius 1 is 1.16 bits per heavy atom. The quantitative estimate of drug-likeness (QED) is 0.292. The van der Waals surface area contributed by atoms with E-state index in [2.05, 4.69) is 26.0 Å². The summed E-state index contributed by atoms with van der Waals surface area (Å²) in [5.74, 6) is -0.630. The molecule has 3 heterocycles. The summed E-state index contributed by atoms with van der Waals surface area (Å²) >= 11 is 7.91. The van der Waals surface area contributed by atoms with Crippen molar-refractivity contribution in [2.45, 2.75) is 4.34 Å². The number of carbonyl (C=O) groups is 2. The molecule has 9 nitrogen and oxygen atoms in total. The molecule has 13 heteroatoms. The number of carbonyl (C=O) groups excluding carboxylic acids is 2. The first kappa shape index (κ1) is 21.0. The summed E-state index contributed by atoms with van der Waals surface area (Å²) in [6, 6.07) is 8.70. The van der Waals surface area contributed by atoms with E-state index < -0.39 is 11.7 Å². The number of aromatic nitrogens is 3. The van der Waals surface area contributed by atoms with E-state index in [0.29, 0.717) is 21.5 Å². The number of thioether (sulfide) groups is 1. The van der Waals surface area contributed by atoms with Gasteiger partial charge in [-0.05, 0) is 30.3 Å². The van der Waals surface area contributed by atoms with E-state index in [1.807, 2.05) is 0 Å². The maximum Gasteiger partial charge on any atom is 0.279 e. The standard InChI is InChI=1S/C18H11ClFN5O4S2/c19-10-6-9(3-4-11(10)20)21-15(26)8-30-18-24-23-17(31-18)22-16(27)12-7-14(29-25-12)13-2-1-5-28-13/h1-7H,8H2,(H,21,26)(H,22,23,27). The van der Waals surface area contributed by atoms with Crippen LogP contribution in [0.2, 0.25) is 5.02 Å². The lowest BCUT2D eigenvalue weighted by Gasteiger charge is -2.04. The number of amides is 2. The third-order valence-corrected chi connectivity index (χ3v) is 5.93. The normalized spacial score (nSPS) is 10.8. The first-order chi connectivity index (χ1) is 15.0. The van der Waals surface area contributed by atoms with E-state index in [9.17, 15) is 14.0 Å². The summed E-state index contributed by atoms with van der Waals surface area (Å²) in [7, 11) is 0. The minimum atomic E-state index is -0.569. The molecule has 0 fully saturated rings. The molecule has 31 heavy (non-hydrogen) atoms. The van der Waals surface area contributed by atoms with Gasteiger partial charge in [0.15, 0.2) is 15.8 Å². The van der Waals surface area contributed by atoms with Gasteiger partial charge in [-0.3, -0.25) is 14.9 Å². The van der Waals surface area contributed by atoms with Gasteiger partial charge in [0.05, 0.1) is 17.0 Å². The number of anilines is 2. The summed E-state index contributed by atoms with van der Waals surface area (Å²) in [6.45, 7) is 0. The maximum absolute atomic E-state index is 13.2. The molecule has 3 aromatic heterocycles.